The van der Waals surface area contributed by atoms with Gasteiger partial charge in [-0.15, -0.1) is 0 Å². The topological polar surface area (TPSA) is 113 Å². The van der Waals surface area contributed by atoms with Crippen LogP contribution in [0.1, 0.15) is 44.7 Å². The molecular formula is C28H37N3O5. The number of carboxylic acids is 1. The fourth-order valence-corrected chi connectivity index (χ4v) is 4.30. The average Bonchev–Trinajstić information content (AvgIpc) is 3.22. The molecule has 0 aliphatic rings. The minimum atomic E-state index is -0.879. The number of carboxylic acid groups (broad SMARTS) is 1. The van der Waals surface area contributed by atoms with Gasteiger partial charge < -0.3 is 30.2 Å². The zero-order valence-electron chi connectivity index (χ0n) is 21.5. The number of ether oxygens (including phenoxy) is 2. The SMILES string of the molecule is COc1ccccc1CCC(CNC(=O)OC(C)(C)C)N[C@H](CC(=O)O)Cc1c[nH]c2ccccc12. The van der Waals surface area contributed by atoms with E-state index in [1.807, 2.05) is 75.5 Å². The second kappa shape index (κ2) is 12.4. The van der Waals surface area contributed by atoms with Gasteiger partial charge in [-0.25, -0.2) is 4.79 Å². The molecule has 0 aliphatic heterocycles. The number of H-pyrrole nitrogens is 1. The summed E-state index contributed by atoms with van der Waals surface area (Å²) in [5, 5.41) is 17.0. The van der Waals surface area contributed by atoms with Gasteiger partial charge in [-0.2, -0.15) is 0 Å². The normalized spacial score (nSPS) is 13.2. The van der Waals surface area contributed by atoms with E-state index in [9.17, 15) is 14.7 Å². The number of methoxy groups -OCH3 is 1. The third-order valence-corrected chi connectivity index (χ3v) is 5.88. The lowest BCUT2D eigenvalue weighted by Gasteiger charge is -2.27. The number of hydrogen-bond acceptors (Lipinski definition) is 5. The largest absolute Gasteiger partial charge is 0.496 e. The third kappa shape index (κ3) is 8.30. The lowest BCUT2D eigenvalue weighted by atomic mass is 9.99. The zero-order valence-corrected chi connectivity index (χ0v) is 21.5. The Hall–Kier alpha value is -3.52. The van der Waals surface area contributed by atoms with Gasteiger partial charge in [-0.1, -0.05) is 36.4 Å². The van der Waals surface area contributed by atoms with E-state index in [0.29, 0.717) is 25.8 Å². The van der Waals surface area contributed by atoms with Crippen LogP contribution >= 0.6 is 0 Å². The Morgan fingerprint density at radius 1 is 1.03 bits per heavy atom. The van der Waals surface area contributed by atoms with Crippen molar-refractivity contribution in [1.82, 2.24) is 15.6 Å². The Bertz CT molecular complexity index is 1150. The van der Waals surface area contributed by atoms with E-state index in [2.05, 4.69) is 15.6 Å². The Labute approximate surface area is 212 Å². The number of rotatable bonds is 12. The molecule has 1 amide bonds. The molecule has 3 rings (SSSR count). The lowest BCUT2D eigenvalue weighted by molar-refractivity contribution is -0.137. The maximum atomic E-state index is 12.3. The monoisotopic (exact) mass is 495 g/mol. The van der Waals surface area contributed by atoms with Gasteiger partial charge in [-0.05, 0) is 63.3 Å². The molecule has 4 N–H and O–H groups in total. The predicted octanol–water partition coefficient (Wildman–Crippen LogP) is 4.68. The summed E-state index contributed by atoms with van der Waals surface area (Å²) in [6.07, 6.45) is 3.29. The fourth-order valence-electron chi connectivity index (χ4n) is 4.30. The van der Waals surface area contributed by atoms with Crippen molar-refractivity contribution in [3.63, 3.8) is 0 Å². The number of carbonyl (C=O) groups is 2. The summed E-state index contributed by atoms with van der Waals surface area (Å²) in [6.45, 7) is 5.74. The highest BCUT2D eigenvalue weighted by Crippen LogP contribution is 2.22. The van der Waals surface area contributed by atoms with Crippen LogP contribution < -0.4 is 15.4 Å². The second-order valence-corrected chi connectivity index (χ2v) is 9.96. The van der Waals surface area contributed by atoms with E-state index in [1.54, 1.807) is 7.11 Å². The number of aliphatic carboxylic acids is 1. The van der Waals surface area contributed by atoms with Crippen LogP contribution in [0.25, 0.3) is 10.9 Å². The Balaban J connectivity index is 1.75. The van der Waals surface area contributed by atoms with E-state index in [4.69, 9.17) is 9.47 Å². The van der Waals surface area contributed by atoms with Gasteiger partial charge in [-0.3, -0.25) is 4.79 Å². The summed E-state index contributed by atoms with van der Waals surface area (Å²) in [5.74, 6) is -0.0758. The standard InChI is InChI=1S/C28H37N3O5/c1-28(2,3)36-27(34)30-18-21(14-13-19-9-5-8-12-25(19)35-4)31-22(16-26(32)33)15-20-17-29-24-11-7-6-10-23(20)24/h5-12,17,21-22,29,31H,13-16,18H2,1-4H3,(H,30,34)(H,32,33)/t21?,22-/m0/s1. The van der Waals surface area contributed by atoms with Gasteiger partial charge in [0.05, 0.1) is 13.5 Å². The van der Waals surface area contributed by atoms with Crippen molar-refractivity contribution in [2.75, 3.05) is 13.7 Å². The molecule has 8 heteroatoms. The molecule has 1 heterocycles. The number of benzene rings is 2. The van der Waals surface area contributed by atoms with Crippen molar-refractivity contribution >= 4 is 23.0 Å². The van der Waals surface area contributed by atoms with Gasteiger partial charge in [0.2, 0.25) is 0 Å². The Morgan fingerprint density at radius 3 is 2.47 bits per heavy atom. The first-order valence-electron chi connectivity index (χ1n) is 12.3. The first-order valence-corrected chi connectivity index (χ1v) is 12.3. The van der Waals surface area contributed by atoms with Crippen molar-refractivity contribution in [1.29, 1.82) is 0 Å². The highest BCUT2D eigenvalue weighted by Gasteiger charge is 2.22. The van der Waals surface area contributed by atoms with E-state index >= 15 is 0 Å². The molecule has 1 unspecified atom stereocenters. The van der Waals surface area contributed by atoms with Crippen LogP contribution in [-0.4, -0.2) is 53.5 Å². The minimum Gasteiger partial charge on any atom is -0.496 e. The Kier molecular flexibility index (Phi) is 9.36. The third-order valence-electron chi connectivity index (χ3n) is 5.88. The summed E-state index contributed by atoms with van der Waals surface area (Å²) in [5.41, 5.74) is 2.51. The quantitative estimate of drug-likeness (QED) is 0.290. The number of aromatic nitrogens is 1. The predicted molar refractivity (Wildman–Crippen MR) is 141 cm³/mol. The molecule has 8 nitrogen and oxygen atoms in total. The summed E-state index contributed by atoms with van der Waals surface area (Å²) < 4.78 is 10.9. The number of hydrogen-bond donors (Lipinski definition) is 4. The van der Waals surface area contributed by atoms with Crippen molar-refractivity contribution in [2.24, 2.45) is 0 Å². The summed E-state index contributed by atoms with van der Waals surface area (Å²) in [6, 6.07) is 15.3. The number of para-hydroxylation sites is 2. The number of carbonyl (C=O) groups excluding carboxylic acids is 1. The van der Waals surface area contributed by atoms with Crippen molar-refractivity contribution < 1.29 is 24.2 Å². The fraction of sp³-hybridized carbons (Fsp3) is 0.429. The molecule has 0 spiro atoms. The number of aryl methyl sites for hydroxylation is 1. The van der Waals surface area contributed by atoms with Crippen LogP contribution in [-0.2, 0) is 22.4 Å². The average molecular weight is 496 g/mol. The van der Waals surface area contributed by atoms with Crippen LogP contribution in [0.2, 0.25) is 0 Å². The minimum absolute atomic E-state index is 0.0445. The molecule has 1 aromatic heterocycles. The highest BCUT2D eigenvalue weighted by atomic mass is 16.6. The van der Waals surface area contributed by atoms with Crippen LogP contribution in [0, 0.1) is 0 Å². The maximum absolute atomic E-state index is 12.3. The van der Waals surface area contributed by atoms with Gasteiger partial charge >= 0.3 is 12.1 Å². The van der Waals surface area contributed by atoms with Crippen molar-refractivity contribution in [3.8, 4) is 5.75 Å². The number of fused-ring (bicyclic) bond motifs is 1. The number of nitrogens with one attached hydrogen (secondary N) is 3. The molecule has 36 heavy (non-hydrogen) atoms. The summed E-state index contributed by atoms with van der Waals surface area (Å²) in [4.78, 5) is 27.3. The van der Waals surface area contributed by atoms with Crippen LogP contribution in [0.3, 0.4) is 0 Å². The molecule has 0 saturated carbocycles. The number of amides is 1. The smallest absolute Gasteiger partial charge is 0.407 e. The van der Waals surface area contributed by atoms with Crippen molar-refractivity contribution in [3.05, 3.63) is 65.9 Å². The molecule has 0 saturated heterocycles. The van der Waals surface area contributed by atoms with E-state index in [-0.39, 0.29) is 18.5 Å². The molecule has 0 fully saturated rings. The number of alkyl carbamates (subject to hydrolysis) is 1. The zero-order chi connectivity index (χ0) is 26.1. The molecule has 0 aliphatic carbocycles. The maximum Gasteiger partial charge on any atom is 0.407 e. The molecule has 0 radical (unpaired) electrons. The molecule has 194 valence electrons. The Morgan fingerprint density at radius 2 is 1.75 bits per heavy atom. The molecule has 0 bridgehead atoms. The summed E-state index contributed by atoms with van der Waals surface area (Å²) in [7, 11) is 1.64. The highest BCUT2D eigenvalue weighted by molar-refractivity contribution is 5.83. The van der Waals surface area contributed by atoms with Gasteiger partial charge in [0.15, 0.2) is 0 Å². The first kappa shape index (κ1) is 27.1. The van der Waals surface area contributed by atoms with Crippen LogP contribution in [0.5, 0.6) is 5.75 Å². The first-order chi connectivity index (χ1) is 17.1. The number of aromatic amines is 1. The molecule has 3 aromatic rings. The van der Waals surface area contributed by atoms with E-state index in [1.165, 1.54) is 0 Å². The van der Waals surface area contributed by atoms with Gasteiger partial charge in [0.25, 0.3) is 0 Å². The van der Waals surface area contributed by atoms with Gasteiger partial charge in [0.1, 0.15) is 11.4 Å². The van der Waals surface area contributed by atoms with Crippen LogP contribution in [0.15, 0.2) is 54.7 Å². The van der Waals surface area contributed by atoms with Gasteiger partial charge in [0, 0.05) is 35.7 Å². The lowest BCUT2D eigenvalue weighted by Crippen LogP contribution is -2.48. The molecular weight excluding hydrogens is 458 g/mol. The van der Waals surface area contributed by atoms with Crippen molar-refractivity contribution in [2.45, 2.75) is 64.1 Å². The second-order valence-electron chi connectivity index (χ2n) is 9.96. The molecule has 2 atom stereocenters. The summed E-state index contributed by atoms with van der Waals surface area (Å²) >= 11 is 0. The van der Waals surface area contributed by atoms with E-state index in [0.717, 1.165) is 27.8 Å². The van der Waals surface area contributed by atoms with Crippen LogP contribution in [0.4, 0.5) is 4.79 Å². The van der Waals surface area contributed by atoms with E-state index < -0.39 is 17.7 Å². The molecule has 2 aromatic carbocycles.